The van der Waals surface area contributed by atoms with Gasteiger partial charge in [0.05, 0.1) is 19.9 Å². The van der Waals surface area contributed by atoms with Gasteiger partial charge in [-0.05, 0) is 24.3 Å². The molecule has 162 valence electrons. The van der Waals surface area contributed by atoms with Crippen LogP contribution in [-0.2, 0) is 9.47 Å². The van der Waals surface area contributed by atoms with Crippen LogP contribution in [0.4, 0.5) is 13.2 Å². The summed E-state index contributed by atoms with van der Waals surface area (Å²) >= 11 is 0. The third-order valence-electron chi connectivity index (χ3n) is 4.16. The average Bonchev–Trinajstić information content (AvgIpc) is 3.17. The number of carbonyl (C=O) groups is 2. The summed E-state index contributed by atoms with van der Waals surface area (Å²) in [7, 11) is 2.28. The Morgan fingerprint density at radius 2 is 1.65 bits per heavy atom. The van der Waals surface area contributed by atoms with E-state index >= 15 is 0 Å². The number of hydrogen-bond donors (Lipinski definition) is 0. The third-order valence-corrected chi connectivity index (χ3v) is 4.16. The normalized spacial score (nSPS) is 11.1. The molecule has 0 bridgehead atoms. The zero-order chi connectivity index (χ0) is 22.6. The Balaban J connectivity index is 2.20. The second kappa shape index (κ2) is 8.90. The van der Waals surface area contributed by atoms with Crippen molar-refractivity contribution in [2.75, 3.05) is 20.8 Å². The number of esters is 2. The maximum atomic E-state index is 12.6. The molecule has 10 heteroatoms. The van der Waals surface area contributed by atoms with Crippen LogP contribution in [-0.4, -0.2) is 48.7 Å². The van der Waals surface area contributed by atoms with Crippen LogP contribution in [0.5, 0.6) is 5.75 Å². The minimum Gasteiger partial charge on any atom is -0.484 e. The zero-order valence-corrected chi connectivity index (χ0v) is 16.5. The summed E-state index contributed by atoms with van der Waals surface area (Å²) in [5.41, 5.74) is 0.362. The van der Waals surface area contributed by atoms with E-state index in [1.165, 1.54) is 28.9 Å². The van der Waals surface area contributed by atoms with Gasteiger partial charge in [0.2, 0.25) is 0 Å². The van der Waals surface area contributed by atoms with Crippen LogP contribution in [0.3, 0.4) is 0 Å². The molecule has 1 aromatic heterocycles. The number of ether oxygens (including phenoxy) is 3. The first kappa shape index (κ1) is 21.9. The molecule has 2 aromatic carbocycles. The standard InChI is InChI=1S/C21H17F3N2O5/c1-29-19(27)16-17(13-7-6-10-15(11-13)31-12-21(22,23)24)25-26(18(16)20(28)30-2)14-8-4-3-5-9-14/h3-11H,12H2,1-2H3. The van der Waals surface area contributed by atoms with Crippen molar-refractivity contribution in [1.29, 1.82) is 0 Å². The van der Waals surface area contributed by atoms with Crippen LogP contribution in [0.25, 0.3) is 16.9 Å². The molecule has 0 N–H and O–H groups in total. The minimum atomic E-state index is -4.51. The Kier molecular flexibility index (Phi) is 6.28. The number of benzene rings is 2. The average molecular weight is 434 g/mol. The van der Waals surface area contributed by atoms with Crippen molar-refractivity contribution in [3.05, 3.63) is 65.9 Å². The minimum absolute atomic E-state index is 0.0218. The maximum Gasteiger partial charge on any atom is 0.422 e. The number of para-hydroxylation sites is 1. The van der Waals surface area contributed by atoms with Crippen LogP contribution in [0.2, 0.25) is 0 Å². The molecule has 0 fully saturated rings. The number of carbonyl (C=O) groups excluding carboxylic acids is 2. The van der Waals surface area contributed by atoms with Gasteiger partial charge >= 0.3 is 18.1 Å². The molecule has 3 aromatic rings. The van der Waals surface area contributed by atoms with E-state index in [-0.39, 0.29) is 28.3 Å². The van der Waals surface area contributed by atoms with E-state index < -0.39 is 24.7 Å². The summed E-state index contributed by atoms with van der Waals surface area (Å²) in [5.74, 6) is -1.79. The van der Waals surface area contributed by atoms with Crippen LogP contribution in [0.1, 0.15) is 20.8 Å². The van der Waals surface area contributed by atoms with Crippen molar-refractivity contribution >= 4 is 11.9 Å². The quantitative estimate of drug-likeness (QED) is 0.545. The molecule has 0 amide bonds. The van der Waals surface area contributed by atoms with Gasteiger partial charge in [-0.1, -0.05) is 30.3 Å². The van der Waals surface area contributed by atoms with Crippen molar-refractivity contribution in [3.8, 4) is 22.7 Å². The molecule has 0 saturated carbocycles. The summed E-state index contributed by atoms with van der Waals surface area (Å²) in [6.07, 6.45) is -4.51. The zero-order valence-electron chi connectivity index (χ0n) is 16.5. The van der Waals surface area contributed by atoms with Gasteiger partial charge in [0, 0.05) is 5.56 Å². The van der Waals surface area contributed by atoms with E-state index in [4.69, 9.17) is 14.2 Å². The lowest BCUT2D eigenvalue weighted by atomic mass is 10.1. The van der Waals surface area contributed by atoms with Crippen molar-refractivity contribution < 1.29 is 37.0 Å². The molecule has 1 heterocycles. The number of methoxy groups -OCH3 is 2. The van der Waals surface area contributed by atoms with Crippen LogP contribution >= 0.6 is 0 Å². The lowest BCUT2D eigenvalue weighted by Crippen LogP contribution is -2.19. The van der Waals surface area contributed by atoms with Crippen LogP contribution < -0.4 is 4.74 Å². The third kappa shape index (κ3) is 4.85. The monoisotopic (exact) mass is 434 g/mol. The van der Waals surface area contributed by atoms with Crippen LogP contribution in [0, 0.1) is 0 Å². The summed E-state index contributed by atoms with van der Waals surface area (Å²) in [6, 6.07) is 14.1. The number of nitrogens with zero attached hydrogens (tertiary/aromatic N) is 2. The second-order valence-corrected chi connectivity index (χ2v) is 6.23. The largest absolute Gasteiger partial charge is 0.484 e. The fourth-order valence-electron chi connectivity index (χ4n) is 2.86. The lowest BCUT2D eigenvalue weighted by molar-refractivity contribution is -0.153. The van der Waals surface area contributed by atoms with Gasteiger partial charge in [0.25, 0.3) is 0 Å². The first-order valence-electron chi connectivity index (χ1n) is 8.90. The van der Waals surface area contributed by atoms with Gasteiger partial charge in [0.1, 0.15) is 17.0 Å². The highest BCUT2D eigenvalue weighted by molar-refractivity contribution is 6.06. The number of aromatic nitrogens is 2. The second-order valence-electron chi connectivity index (χ2n) is 6.23. The Morgan fingerprint density at radius 1 is 0.968 bits per heavy atom. The van der Waals surface area contributed by atoms with Crippen molar-refractivity contribution in [2.45, 2.75) is 6.18 Å². The highest BCUT2D eigenvalue weighted by Gasteiger charge is 2.32. The molecule has 0 aliphatic carbocycles. The fourth-order valence-corrected chi connectivity index (χ4v) is 2.86. The van der Waals surface area contributed by atoms with E-state index in [0.29, 0.717) is 5.69 Å². The number of alkyl halides is 3. The van der Waals surface area contributed by atoms with Crippen molar-refractivity contribution in [3.63, 3.8) is 0 Å². The SMILES string of the molecule is COC(=O)c1c(-c2cccc(OCC(F)(F)F)c2)nn(-c2ccccc2)c1C(=O)OC. The molecule has 0 aliphatic heterocycles. The van der Waals surface area contributed by atoms with Gasteiger partial charge in [-0.3, -0.25) is 0 Å². The summed E-state index contributed by atoms with van der Waals surface area (Å²) in [5, 5.41) is 4.38. The Morgan fingerprint density at radius 3 is 2.26 bits per heavy atom. The molecular weight excluding hydrogens is 417 g/mol. The van der Waals surface area contributed by atoms with E-state index in [2.05, 4.69) is 5.10 Å². The predicted molar refractivity (Wildman–Crippen MR) is 103 cm³/mol. The molecule has 3 rings (SSSR count). The summed E-state index contributed by atoms with van der Waals surface area (Å²) in [6.45, 7) is -1.48. The molecule has 0 atom stereocenters. The molecule has 0 spiro atoms. The fraction of sp³-hybridized carbons (Fsp3) is 0.190. The molecule has 0 unspecified atom stereocenters. The Bertz CT molecular complexity index is 1090. The van der Waals surface area contributed by atoms with Gasteiger partial charge < -0.3 is 14.2 Å². The van der Waals surface area contributed by atoms with E-state index in [1.807, 2.05) is 0 Å². The Labute approximate surface area is 175 Å². The summed E-state index contributed by atoms with van der Waals surface area (Å²) < 4.78 is 53.1. The van der Waals surface area contributed by atoms with Crippen molar-refractivity contribution in [1.82, 2.24) is 9.78 Å². The number of hydrogen-bond acceptors (Lipinski definition) is 6. The van der Waals surface area contributed by atoms with Crippen LogP contribution in [0.15, 0.2) is 54.6 Å². The Hall–Kier alpha value is -3.82. The van der Waals surface area contributed by atoms with Gasteiger partial charge in [-0.25, -0.2) is 14.3 Å². The molecule has 31 heavy (non-hydrogen) atoms. The first-order chi connectivity index (χ1) is 14.7. The lowest BCUT2D eigenvalue weighted by Gasteiger charge is -2.10. The maximum absolute atomic E-state index is 12.6. The van der Waals surface area contributed by atoms with E-state index in [0.717, 1.165) is 14.2 Å². The first-order valence-corrected chi connectivity index (χ1v) is 8.90. The summed E-state index contributed by atoms with van der Waals surface area (Å²) in [4.78, 5) is 25.1. The van der Waals surface area contributed by atoms with E-state index in [9.17, 15) is 22.8 Å². The highest BCUT2D eigenvalue weighted by Crippen LogP contribution is 2.31. The highest BCUT2D eigenvalue weighted by atomic mass is 19.4. The smallest absolute Gasteiger partial charge is 0.422 e. The van der Waals surface area contributed by atoms with Gasteiger partial charge in [-0.15, -0.1) is 0 Å². The molecule has 0 radical (unpaired) electrons. The number of rotatable bonds is 6. The predicted octanol–water partition coefficient (Wildman–Crippen LogP) is 4.05. The number of halogens is 3. The molecule has 0 aliphatic rings. The van der Waals surface area contributed by atoms with E-state index in [1.54, 1.807) is 30.3 Å². The van der Waals surface area contributed by atoms with Gasteiger partial charge in [-0.2, -0.15) is 18.3 Å². The molecular formula is C21H17F3N2O5. The molecule has 7 nitrogen and oxygen atoms in total. The van der Waals surface area contributed by atoms with Gasteiger partial charge in [0.15, 0.2) is 12.3 Å². The topological polar surface area (TPSA) is 79.7 Å². The van der Waals surface area contributed by atoms with Crippen molar-refractivity contribution in [2.24, 2.45) is 0 Å². The molecule has 0 saturated heterocycles.